The van der Waals surface area contributed by atoms with E-state index in [0.717, 1.165) is 25.9 Å². The molecule has 2 aromatic rings. The van der Waals surface area contributed by atoms with E-state index in [2.05, 4.69) is 25.8 Å². The minimum Gasteiger partial charge on any atom is -0.322 e. The highest BCUT2D eigenvalue weighted by Crippen LogP contribution is 2.19. The number of anilines is 1. The van der Waals surface area contributed by atoms with Crippen LogP contribution >= 0.6 is 0 Å². The van der Waals surface area contributed by atoms with E-state index in [1.807, 2.05) is 10.9 Å². The van der Waals surface area contributed by atoms with Gasteiger partial charge in [0.1, 0.15) is 19.2 Å². The summed E-state index contributed by atoms with van der Waals surface area (Å²) in [5.41, 5.74) is 0.716. The van der Waals surface area contributed by atoms with Gasteiger partial charge in [-0.15, -0.1) is 0 Å². The van der Waals surface area contributed by atoms with Gasteiger partial charge in [0.05, 0.1) is 17.9 Å². The average Bonchev–Trinajstić information content (AvgIpc) is 3.11. The predicted molar refractivity (Wildman–Crippen MR) is 72.0 cm³/mol. The SMILES string of the molecule is O=C(Cn1cncn1)Nc1cnn(C2CCNCC2)c1. The number of hydrogen-bond acceptors (Lipinski definition) is 5. The Hall–Kier alpha value is -2.22. The minimum atomic E-state index is -0.139. The molecule has 0 saturated carbocycles. The third-order valence-electron chi connectivity index (χ3n) is 3.34. The molecule has 0 unspecified atom stereocenters. The van der Waals surface area contributed by atoms with Gasteiger partial charge in [-0.1, -0.05) is 0 Å². The molecule has 1 saturated heterocycles. The second-order valence-corrected chi connectivity index (χ2v) is 4.83. The molecular formula is C12H17N7O. The van der Waals surface area contributed by atoms with Crippen molar-refractivity contribution in [3.63, 3.8) is 0 Å². The number of carbonyl (C=O) groups excluding carboxylic acids is 1. The molecule has 106 valence electrons. The highest BCUT2D eigenvalue weighted by atomic mass is 16.2. The van der Waals surface area contributed by atoms with Gasteiger partial charge in [0.25, 0.3) is 0 Å². The summed E-state index contributed by atoms with van der Waals surface area (Å²) in [4.78, 5) is 15.6. The molecule has 1 amide bonds. The maximum Gasteiger partial charge on any atom is 0.246 e. The Morgan fingerprint density at radius 2 is 2.25 bits per heavy atom. The zero-order chi connectivity index (χ0) is 13.8. The standard InChI is InChI=1S/C12H17N7O/c20-12(7-18-9-14-8-16-18)17-10-5-15-19(6-10)11-1-3-13-4-2-11/h5-6,8-9,11,13H,1-4,7H2,(H,17,20). The van der Waals surface area contributed by atoms with Crippen LogP contribution in [0, 0.1) is 0 Å². The molecule has 1 aliphatic rings. The maximum atomic E-state index is 11.8. The fourth-order valence-corrected chi connectivity index (χ4v) is 2.34. The van der Waals surface area contributed by atoms with Gasteiger partial charge < -0.3 is 10.6 Å². The Kier molecular flexibility index (Phi) is 3.73. The summed E-state index contributed by atoms with van der Waals surface area (Å²) in [6.07, 6.45) is 8.61. The van der Waals surface area contributed by atoms with Crippen molar-refractivity contribution in [1.29, 1.82) is 0 Å². The highest BCUT2D eigenvalue weighted by molar-refractivity contribution is 5.90. The second kappa shape index (κ2) is 5.83. The lowest BCUT2D eigenvalue weighted by Gasteiger charge is -2.22. The summed E-state index contributed by atoms with van der Waals surface area (Å²) in [5, 5.41) is 14.4. The molecule has 1 fully saturated rings. The van der Waals surface area contributed by atoms with Gasteiger partial charge in [0.2, 0.25) is 5.91 Å². The van der Waals surface area contributed by atoms with E-state index in [4.69, 9.17) is 0 Å². The van der Waals surface area contributed by atoms with Crippen LogP contribution in [0.5, 0.6) is 0 Å². The summed E-state index contributed by atoms with van der Waals surface area (Å²) in [6.45, 7) is 2.18. The Morgan fingerprint density at radius 3 is 3.00 bits per heavy atom. The number of aromatic nitrogens is 5. The van der Waals surface area contributed by atoms with Gasteiger partial charge in [0, 0.05) is 6.20 Å². The molecule has 0 radical (unpaired) electrons. The van der Waals surface area contributed by atoms with Gasteiger partial charge in [-0.2, -0.15) is 10.2 Å². The first-order valence-corrected chi connectivity index (χ1v) is 6.68. The van der Waals surface area contributed by atoms with Gasteiger partial charge >= 0.3 is 0 Å². The van der Waals surface area contributed by atoms with Crippen molar-refractivity contribution in [2.45, 2.75) is 25.4 Å². The molecule has 0 aromatic carbocycles. The molecule has 0 aliphatic carbocycles. The summed E-state index contributed by atoms with van der Waals surface area (Å²) in [5.74, 6) is -0.139. The topological polar surface area (TPSA) is 89.7 Å². The molecule has 1 aliphatic heterocycles. The van der Waals surface area contributed by atoms with Gasteiger partial charge in [-0.05, 0) is 25.9 Å². The number of nitrogens with one attached hydrogen (secondary N) is 2. The molecule has 3 rings (SSSR count). The van der Waals surface area contributed by atoms with Crippen molar-refractivity contribution in [3.05, 3.63) is 25.0 Å². The number of piperidine rings is 1. The van der Waals surface area contributed by atoms with Crippen molar-refractivity contribution in [2.75, 3.05) is 18.4 Å². The van der Waals surface area contributed by atoms with Crippen LogP contribution in [0.25, 0.3) is 0 Å². The zero-order valence-electron chi connectivity index (χ0n) is 11.1. The molecule has 8 nitrogen and oxygen atoms in total. The maximum absolute atomic E-state index is 11.8. The molecule has 0 atom stereocenters. The van der Waals surface area contributed by atoms with E-state index in [0.29, 0.717) is 11.7 Å². The minimum absolute atomic E-state index is 0.139. The number of rotatable bonds is 4. The third kappa shape index (κ3) is 3.02. The molecular weight excluding hydrogens is 258 g/mol. The molecule has 2 N–H and O–H groups in total. The van der Waals surface area contributed by atoms with Crippen LogP contribution in [0.2, 0.25) is 0 Å². The lowest BCUT2D eigenvalue weighted by Crippen LogP contribution is -2.29. The Balaban J connectivity index is 1.57. The quantitative estimate of drug-likeness (QED) is 0.822. The number of nitrogens with zero attached hydrogens (tertiary/aromatic N) is 5. The van der Waals surface area contributed by atoms with E-state index in [-0.39, 0.29) is 12.5 Å². The smallest absolute Gasteiger partial charge is 0.246 e. The van der Waals surface area contributed by atoms with Crippen LogP contribution in [0.3, 0.4) is 0 Å². The number of amides is 1. The molecule has 3 heterocycles. The Labute approximate surface area is 116 Å². The van der Waals surface area contributed by atoms with E-state index in [9.17, 15) is 4.79 Å². The van der Waals surface area contributed by atoms with Crippen molar-refractivity contribution in [1.82, 2.24) is 29.9 Å². The van der Waals surface area contributed by atoms with Crippen LogP contribution in [0.4, 0.5) is 5.69 Å². The van der Waals surface area contributed by atoms with Crippen LogP contribution in [-0.2, 0) is 11.3 Å². The summed E-state index contributed by atoms with van der Waals surface area (Å²) in [6, 6.07) is 0.414. The summed E-state index contributed by atoms with van der Waals surface area (Å²) < 4.78 is 3.42. The fourth-order valence-electron chi connectivity index (χ4n) is 2.34. The largest absolute Gasteiger partial charge is 0.322 e. The Morgan fingerprint density at radius 1 is 1.40 bits per heavy atom. The van der Waals surface area contributed by atoms with Crippen LogP contribution in [-0.4, -0.2) is 43.5 Å². The number of hydrogen-bond donors (Lipinski definition) is 2. The van der Waals surface area contributed by atoms with E-state index in [1.165, 1.54) is 17.3 Å². The normalized spacial score (nSPS) is 16.2. The lowest BCUT2D eigenvalue weighted by atomic mass is 10.1. The van der Waals surface area contributed by atoms with Crippen molar-refractivity contribution in [2.24, 2.45) is 0 Å². The monoisotopic (exact) mass is 275 g/mol. The van der Waals surface area contributed by atoms with E-state index < -0.39 is 0 Å². The zero-order valence-corrected chi connectivity index (χ0v) is 11.1. The first-order valence-electron chi connectivity index (χ1n) is 6.68. The predicted octanol–water partition coefficient (Wildman–Crippen LogP) is 0.0378. The van der Waals surface area contributed by atoms with Crippen LogP contribution in [0.15, 0.2) is 25.0 Å². The van der Waals surface area contributed by atoms with Crippen LogP contribution in [0.1, 0.15) is 18.9 Å². The molecule has 0 bridgehead atoms. The van der Waals surface area contributed by atoms with E-state index >= 15 is 0 Å². The summed E-state index contributed by atoms with van der Waals surface area (Å²) >= 11 is 0. The first-order chi connectivity index (χ1) is 9.81. The van der Waals surface area contributed by atoms with Gasteiger partial charge in [0.15, 0.2) is 0 Å². The second-order valence-electron chi connectivity index (χ2n) is 4.83. The Bertz CT molecular complexity index is 556. The van der Waals surface area contributed by atoms with Gasteiger partial charge in [-0.3, -0.25) is 9.48 Å². The highest BCUT2D eigenvalue weighted by Gasteiger charge is 2.16. The van der Waals surface area contributed by atoms with Crippen molar-refractivity contribution >= 4 is 11.6 Å². The fraction of sp³-hybridized carbons (Fsp3) is 0.500. The average molecular weight is 275 g/mol. The molecule has 20 heavy (non-hydrogen) atoms. The first kappa shape index (κ1) is 12.8. The molecule has 0 spiro atoms. The molecule has 2 aromatic heterocycles. The molecule has 8 heteroatoms. The number of carbonyl (C=O) groups is 1. The van der Waals surface area contributed by atoms with E-state index in [1.54, 1.807) is 6.20 Å². The van der Waals surface area contributed by atoms with Crippen molar-refractivity contribution in [3.8, 4) is 0 Å². The van der Waals surface area contributed by atoms with Gasteiger partial charge in [-0.25, -0.2) is 9.67 Å². The van der Waals surface area contributed by atoms with Crippen molar-refractivity contribution < 1.29 is 4.79 Å². The lowest BCUT2D eigenvalue weighted by molar-refractivity contribution is -0.116. The third-order valence-corrected chi connectivity index (χ3v) is 3.34. The summed E-state index contributed by atoms with van der Waals surface area (Å²) in [7, 11) is 0. The van der Waals surface area contributed by atoms with Crippen LogP contribution < -0.4 is 10.6 Å².